The van der Waals surface area contributed by atoms with Gasteiger partial charge in [-0.2, -0.15) is 0 Å². The number of halogens is 2. The summed E-state index contributed by atoms with van der Waals surface area (Å²) >= 11 is 11.7. The van der Waals surface area contributed by atoms with Crippen LogP contribution in [0.4, 0.5) is 0 Å². The molecule has 1 heterocycles. The van der Waals surface area contributed by atoms with Crippen molar-refractivity contribution in [3.8, 4) is 5.75 Å². The molecule has 0 fully saturated rings. The second-order valence-electron chi connectivity index (χ2n) is 3.84. The number of oxime groups is 1. The molecular weight excluding hydrogens is 315 g/mol. The van der Waals surface area contributed by atoms with Gasteiger partial charge in [-0.1, -0.05) is 28.4 Å². The standard InChI is InChI=1S/C14H10Cl2N2O3/c15-11-1-2-13(12(16)7-11)20-9-14(19)21-18-8-10-3-5-17-6-4-10/h1-8H,9H2/b18-8+. The predicted molar refractivity (Wildman–Crippen MR) is 79.9 cm³/mol. The fourth-order valence-corrected chi connectivity index (χ4v) is 1.81. The molecule has 7 heteroatoms. The lowest BCUT2D eigenvalue weighted by atomic mass is 10.3. The summed E-state index contributed by atoms with van der Waals surface area (Å²) in [6.45, 7) is -0.310. The van der Waals surface area contributed by atoms with E-state index >= 15 is 0 Å². The van der Waals surface area contributed by atoms with Crippen LogP contribution in [0.3, 0.4) is 0 Å². The topological polar surface area (TPSA) is 60.8 Å². The Hall–Kier alpha value is -2.11. The lowest BCUT2D eigenvalue weighted by Gasteiger charge is -2.06. The van der Waals surface area contributed by atoms with Gasteiger partial charge in [0.25, 0.3) is 0 Å². The SMILES string of the molecule is O=C(COc1ccc(Cl)cc1Cl)O/N=C/c1ccncc1. The van der Waals surface area contributed by atoms with Gasteiger partial charge in [0.2, 0.25) is 0 Å². The fourth-order valence-electron chi connectivity index (χ4n) is 1.35. The Morgan fingerprint density at radius 2 is 2.00 bits per heavy atom. The molecule has 0 amide bonds. The van der Waals surface area contributed by atoms with Gasteiger partial charge in [0.05, 0.1) is 11.2 Å². The first kappa shape index (κ1) is 15.3. The maximum Gasteiger partial charge on any atom is 0.372 e. The summed E-state index contributed by atoms with van der Waals surface area (Å²) < 4.78 is 5.21. The highest BCUT2D eigenvalue weighted by atomic mass is 35.5. The number of hydrogen-bond donors (Lipinski definition) is 0. The van der Waals surface area contributed by atoms with E-state index in [1.54, 1.807) is 36.7 Å². The van der Waals surface area contributed by atoms with E-state index in [0.717, 1.165) is 5.56 Å². The summed E-state index contributed by atoms with van der Waals surface area (Å²) in [6.07, 6.45) is 4.61. The van der Waals surface area contributed by atoms with Crippen LogP contribution >= 0.6 is 23.2 Å². The zero-order valence-electron chi connectivity index (χ0n) is 10.7. The lowest BCUT2D eigenvalue weighted by Crippen LogP contribution is -2.12. The molecule has 5 nitrogen and oxygen atoms in total. The minimum absolute atomic E-state index is 0.310. The molecule has 0 bridgehead atoms. The lowest BCUT2D eigenvalue weighted by molar-refractivity contribution is -0.145. The third-order valence-corrected chi connectivity index (χ3v) is 2.83. The van der Waals surface area contributed by atoms with Crippen molar-refractivity contribution < 1.29 is 14.4 Å². The Labute approximate surface area is 131 Å². The van der Waals surface area contributed by atoms with Gasteiger partial charge in [-0.05, 0) is 35.9 Å². The number of benzene rings is 1. The van der Waals surface area contributed by atoms with Crippen LogP contribution < -0.4 is 4.74 Å². The predicted octanol–water partition coefficient (Wildman–Crippen LogP) is 3.34. The molecule has 108 valence electrons. The molecule has 0 aliphatic rings. The Bertz CT molecular complexity index is 648. The van der Waals surface area contributed by atoms with Crippen molar-refractivity contribution in [2.45, 2.75) is 0 Å². The fraction of sp³-hybridized carbons (Fsp3) is 0.0714. The van der Waals surface area contributed by atoms with Crippen LogP contribution in [0, 0.1) is 0 Å². The van der Waals surface area contributed by atoms with E-state index in [9.17, 15) is 4.79 Å². The summed E-state index contributed by atoms with van der Waals surface area (Å²) in [5, 5.41) is 4.35. The van der Waals surface area contributed by atoms with Gasteiger partial charge in [0.15, 0.2) is 6.61 Å². The van der Waals surface area contributed by atoms with Crippen molar-refractivity contribution in [1.29, 1.82) is 0 Å². The molecule has 0 saturated carbocycles. The number of aromatic nitrogens is 1. The van der Waals surface area contributed by atoms with Crippen LogP contribution in [0.15, 0.2) is 47.9 Å². The van der Waals surface area contributed by atoms with E-state index in [1.165, 1.54) is 12.3 Å². The maximum atomic E-state index is 11.4. The summed E-state index contributed by atoms with van der Waals surface area (Å²) in [4.78, 5) is 19.9. The highest BCUT2D eigenvalue weighted by molar-refractivity contribution is 6.35. The van der Waals surface area contributed by atoms with E-state index < -0.39 is 5.97 Å². The van der Waals surface area contributed by atoms with Crippen LogP contribution in [-0.4, -0.2) is 23.8 Å². The van der Waals surface area contributed by atoms with Gasteiger partial charge >= 0.3 is 5.97 Å². The van der Waals surface area contributed by atoms with E-state index in [4.69, 9.17) is 27.9 Å². The van der Waals surface area contributed by atoms with Gasteiger partial charge < -0.3 is 9.57 Å². The molecule has 1 aromatic heterocycles. The first-order valence-corrected chi connectivity index (χ1v) is 6.62. The average molecular weight is 325 g/mol. The Morgan fingerprint density at radius 1 is 1.24 bits per heavy atom. The first-order valence-electron chi connectivity index (χ1n) is 5.86. The largest absolute Gasteiger partial charge is 0.480 e. The number of rotatable bonds is 5. The molecule has 0 spiro atoms. The smallest absolute Gasteiger partial charge is 0.372 e. The molecule has 0 atom stereocenters. The van der Waals surface area contributed by atoms with Crippen molar-refractivity contribution in [1.82, 2.24) is 4.98 Å². The van der Waals surface area contributed by atoms with Crippen molar-refractivity contribution in [2.24, 2.45) is 5.16 Å². The number of hydrogen-bond acceptors (Lipinski definition) is 5. The van der Waals surface area contributed by atoms with E-state index in [0.29, 0.717) is 15.8 Å². The second-order valence-corrected chi connectivity index (χ2v) is 4.69. The van der Waals surface area contributed by atoms with Crippen molar-refractivity contribution in [3.05, 3.63) is 58.3 Å². The quantitative estimate of drug-likeness (QED) is 0.480. The zero-order chi connectivity index (χ0) is 15.1. The minimum atomic E-state index is -0.647. The molecule has 2 aromatic rings. The Kier molecular flexibility index (Phi) is 5.54. The molecule has 0 unspecified atom stereocenters. The molecular formula is C14H10Cl2N2O3. The van der Waals surface area contributed by atoms with E-state index in [2.05, 4.69) is 15.0 Å². The van der Waals surface area contributed by atoms with E-state index in [-0.39, 0.29) is 6.61 Å². The van der Waals surface area contributed by atoms with Crippen LogP contribution in [0.5, 0.6) is 5.75 Å². The maximum absolute atomic E-state index is 11.4. The third-order valence-electron chi connectivity index (χ3n) is 2.30. The second kappa shape index (κ2) is 7.61. The molecule has 0 radical (unpaired) electrons. The van der Waals surface area contributed by atoms with Gasteiger partial charge in [-0.25, -0.2) is 4.79 Å². The van der Waals surface area contributed by atoms with Crippen LogP contribution in [-0.2, 0) is 9.63 Å². The first-order chi connectivity index (χ1) is 10.1. The summed E-state index contributed by atoms with van der Waals surface area (Å²) in [5.41, 5.74) is 0.763. The zero-order valence-corrected chi connectivity index (χ0v) is 12.2. The van der Waals surface area contributed by atoms with Gasteiger partial charge in [0.1, 0.15) is 5.75 Å². The highest BCUT2D eigenvalue weighted by Crippen LogP contribution is 2.27. The molecule has 0 aliphatic heterocycles. The molecule has 21 heavy (non-hydrogen) atoms. The monoisotopic (exact) mass is 324 g/mol. The number of carbonyl (C=O) groups is 1. The summed E-state index contributed by atoms with van der Waals surface area (Å²) in [7, 11) is 0. The van der Waals surface area contributed by atoms with Crippen molar-refractivity contribution >= 4 is 35.4 Å². The Morgan fingerprint density at radius 3 is 2.71 bits per heavy atom. The number of carbonyl (C=O) groups excluding carboxylic acids is 1. The average Bonchev–Trinajstić information content (AvgIpc) is 2.47. The molecule has 0 saturated heterocycles. The van der Waals surface area contributed by atoms with Gasteiger partial charge in [0, 0.05) is 17.4 Å². The molecule has 2 rings (SSSR count). The number of nitrogens with zero attached hydrogens (tertiary/aromatic N) is 2. The van der Waals surface area contributed by atoms with Crippen LogP contribution in [0.25, 0.3) is 0 Å². The van der Waals surface area contributed by atoms with Gasteiger partial charge in [-0.15, -0.1) is 0 Å². The van der Waals surface area contributed by atoms with Crippen LogP contribution in [0.1, 0.15) is 5.56 Å². The third kappa shape index (κ3) is 5.06. The molecule has 0 aliphatic carbocycles. The minimum Gasteiger partial charge on any atom is -0.480 e. The highest BCUT2D eigenvalue weighted by Gasteiger charge is 2.07. The summed E-state index contributed by atoms with van der Waals surface area (Å²) in [6, 6.07) is 8.14. The summed E-state index contributed by atoms with van der Waals surface area (Å²) in [5.74, 6) is -0.303. The molecule has 0 N–H and O–H groups in total. The van der Waals surface area contributed by atoms with Crippen molar-refractivity contribution in [3.63, 3.8) is 0 Å². The van der Waals surface area contributed by atoms with E-state index in [1.807, 2.05) is 0 Å². The Balaban J connectivity index is 1.81. The van der Waals surface area contributed by atoms with Gasteiger partial charge in [-0.3, -0.25) is 4.98 Å². The van der Waals surface area contributed by atoms with Crippen molar-refractivity contribution in [2.75, 3.05) is 6.61 Å². The van der Waals surface area contributed by atoms with Crippen LogP contribution in [0.2, 0.25) is 10.0 Å². The molecule has 1 aromatic carbocycles. The normalized spacial score (nSPS) is 10.6. The number of pyridine rings is 1. The number of ether oxygens (including phenoxy) is 1.